The first-order valence-electron chi connectivity index (χ1n) is 19.6. The van der Waals surface area contributed by atoms with Gasteiger partial charge in [0, 0.05) is 29.1 Å². The van der Waals surface area contributed by atoms with Crippen molar-refractivity contribution in [1.82, 2.24) is 9.55 Å². The Morgan fingerprint density at radius 1 is 0.684 bits per heavy atom. The largest absolute Gasteiger partial charge is 2.00 e. The molecule has 0 saturated carbocycles. The quantitative estimate of drug-likeness (QED) is 0.150. The predicted octanol–water partition coefficient (Wildman–Crippen LogP) is 12.6. The number of aryl methyl sites for hydroxylation is 1. The summed E-state index contributed by atoms with van der Waals surface area (Å²) in [4.78, 5) is 10.3. The molecular weight excluding hydrogens is 882 g/mol. The summed E-state index contributed by atoms with van der Waals surface area (Å²) in [6.07, 6.45) is 1.91. The molecule has 57 heavy (non-hydrogen) atoms. The van der Waals surface area contributed by atoms with E-state index in [-0.39, 0.29) is 37.8 Å². The molecule has 2 aromatic heterocycles. The van der Waals surface area contributed by atoms with Gasteiger partial charge < -0.3 is 14.0 Å². The zero-order valence-electron chi connectivity index (χ0n) is 34.6. The zero-order chi connectivity index (χ0) is 39.6. The van der Waals surface area contributed by atoms with Crippen LogP contribution in [0, 0.1) is 19.1 Å². The molecule has 5 nitrogen and oxygen atoms in total. The van der Waals surface area contributed by atoms with Gasteiger partial charge in [-0.1, -0.05) is 144 Å². The maximum absolute atomic E-state index is 6.80. The van der Waals surface area contributed by atoms with Crippen LogP contribution in [-0.2, 0) is 36.6 Å². The molecule has 0 bridgehead atoms. The summed E-state index contributed by atoms with van der Waals surface area (Å²) in [5, 5.41) is 2.26. The van der Waals surface area contributed by atoms with Crippen molar-refractivity contribution in [3.63, 3.8) is 0 Å². The Morgan fingerprint density at radius 2 is 1.32 bits per heavy atom. The van der Waals surface area contributed by atoms with E-state index in [1.54, 1.807) is 0 Å². The van der Waals surface area contributed by atoms with E-state index < -0.39 is 11.1 Å². The molecule has 6 heteroatoms. The number of nitrogens with zero attached hydrogens (tertiary/aromatic N) is 3. The molecular formula is C51H51N3O2Pt. The number of pyridine rings is 1. The van der Waals surface area contributed by atoms with Crippen LogP contribution in [0.4, 0.5) is 0 Å². The summed E-state index contributed by atoms with van der Waals surface area (Å²) < 4.78 is 15.7. The van der Waals surface area contributed by atoms with Gasteiger partial charge >= 0.3 is 21.1 Å². The average Bonchev–Trinajstić information content (AvgIpc) is 3.60. The third-order valence-electron chi connectivity index (χ3n) is 11.5. The van der Waals surface area contributed by atoms with Crippen LogP contribution in [0.15, 0.2) is 126 Å². The second-order valence-corrected chi connectivity index (χ2v) is 18.0. The van der Waals surface area contributed by atoms with E-state index in [1.165, 1.54) is 22.3 Å². The Bertz CT molecular complexity index is 2570. The molecule has 0 saturated heterocycles. The van der Waals surface area contributed by atoms with Crippen LogP contribution in [0.1, 0.15) is 102 Å². The Morgan fingerprint density at radius 3 is 1.95 bits per heavy atom. The summed E-state index contributed by atoms with van der Waals surface area (Å²) in [7, 11) is 0. The van der Waals surface area contributed by atoms with E-state index in [0.717, 1.165) is 38.8 Å². The Kier molecular flexibility index (Phi) is 10.4. The summed E-state index contributed by atoms with van der Waals surface area (Å²) in [5.74, 6) is 2.53. The van der Waals surface area contributed by atoms with Gasteiger partial charge in [-0.3, -0.25) is 4.99 Å². The van der Waals surface area contributed by atoms with Crippen molar-refractivity contribution in [1.29, 1.82) is 0 Å². The number of rotatable bonds is 7. The summed E-state index contributed by atoms with van der Waals surface area (Å²) in [6.45, 7) is 22.0. The minimum absolute atomic E-state index is 0. The van der Waals surface area contributed by atoms with Gasteiger partial charge in [-0.05, 0) is 77.4 Å². The normalized spacial score (nSPS) is 16.7. The molecule has 0 unspecified atom stereocenters. The molecule has 0 spiro atoms. The van der Waals surface area contributed by atoms with Gasteiger partial charge in [0.15, 0.2) is 0 Å². The number of ether oxygens (including phenoxy) is 2. The van der Waals surface area contributed by atoms with Gasteiger partial charge in [-0.15, -0.1) is 29.1 Å². The number of fused-ring (bicyclic) bond motifs is 3. The van der Waals surface area contributed by atoms with Crippen molar-refractivity contribution in [2.45, 2.75) is 97.1 Å². The predicted molar refractivity (Wildman–Crippen MR) is 230 cm³/mol. The topological polar surface area (TPSA) is 48.6 Å². The number of aliphatic imine (C=N–C) groups is 1. The summed E-state index contributed by atoms with van der Waals surface area (Å²) in [5.41, 5.74) is 7.35. The molecule has 0 fully saturated rings. The van der Waals surface area contributed by atoms with Crippen molar-refractivity contribution in [3.05, 3.63) is 167 Å². The first-order valence-corrected chi connectivity index (χ1v) is 19.6. The fraction of sp³-hybridized carbons (Fsp3) is 0.294. The monoisotopic (exact) mass is 932 g/mol. The summed E-state index contributed by atoms with van der Waals surface area (Å²) in [6, 6.07) is 47.7. The first-order chi connectivity index (χ1) is 26.5. The molecule has 1 aliphatic rings. The smallest absolute Gasteiger partial charge is 0.512 e. The van der Waals surface area contributed by atoms with Crippen LogP contribution in [0.2, 0.25) is 0 Å². The molecule has 1 aliphatic heterocycles. The van der Waals surface area contributed by atoms with E-state index in [4.69, 9.17) is 19.5 Å². The first kappa shape index (κ1) is 40.2. The molecule has 0 amide bonds. The minimum Gasteiger partial charge on any atom is -0.512 e. The molecule has 1 atom stereocenters. The molecule has 8 rings (SSSR count). The van der Waals surface area contributed by atoms with Crippen LogP contribution in [0.5, 0.6) is 11.5 Å². The molecule has 5 aromatic carbocycles. The van der Waals surface area contributed by atoms with Gasteiger partial charge in [0.1, 0.15) is 17.3 Å². The number of hydrogen-bond donors (Lipinski definition) is 0. The molecule has 7 aromatic rings. The van der Waals surface area contributed by atoms with Gasteiger partial charge in [-0.25, -0.2) is 4.98 Å². The van der Waals surface area contributed by atoms with E-state index in [0.29, 0.717) is 17.4 Å². The van der Waals surface area contributed by atoms with Crippen LogP contribution >= 0.6 is 0 Å². The number of hydrogen-bond acceptors (Lipinski definition) is 4. The third-order valence-corrected chi connectivity index (χ3v) is 11.5. The van der Waals surface area contributed by atoms with Gasteiger partial charge in [0.2, 0.25) is 0 Å². The van der Waals surface area contributed by atoms with Crippen LogP contribution in [0.3, 0.4) is 0 Å². The third kappa shape index (κ3) is 7.48. The molecule has 0 aliphatic carbocycles. The van der Waals surface area contributed by atoms with Crippen molar-refractivity contribution in [2.24, 2.45) is 4.99 Å². The zero-order valence-corrected chi connectivity index (χ0v) is 36.9. The molecule has 0 N–H and O–H groups in total. The maximum atomic E-state index is 6.80. The fourth-order valence-corrected chi connectivity index (χ4v) is 8.04. The van der Waals surface area contributed by atoms with E-state index >= 15 is 0 Å². The van der Waals surface area contributed by atoms with E-state index in [2.05, 4.69) is 189 Å². The van der Waals surface area contributed by atoms with Crippen molar-refractivity contribution < 1.29 is 30.5 Å². The minimum atomic E-state index is -0.630. The Balaban J connectivity index is 0.00000496. The second-order valence-electron chi connectivity index (χ2n) is 18.0. The molecule has 3 heterocycles. The van der Waals surface area contributed by atoms with Gasteiger partial charge in [0.05, 0.1) is 5.54 Å². The van der Waals surface area contributed by atoms with Crippen molar-refractivity contribution in [2.75, 3.05) is 0 Å². The molecule has 0 radical (unpaired) electrons. The van der Waals surface area contributed by atoms with Gasteiger partial charge in [-0.2, -0.15) is 6.07 Å². The van der Waals surface area contributed by atoms with E-state index in [9.17, 15) is 0 Å². The standard InChI is InChI=1S/C51H51N3O2.Pt/c1-33-27-36(47-53-51(10,50(8,9)56-47)46(34-17-13-11-14-18-34)35-19-15-12-16-20-35)29-40(28-33)55-39-22-23-41-42-30-37(48(2,3)4)21-24-43(42)54(44(41)32-39)45-31-38(25-26-52-45)49(5,6)7;/h11-28,30-31,46H,1-10H3;/q-2;+2/t51-;/m1./s1. The van der Waals surface area contributed by atoms with E-state index in [1.807, 2.05) is 18.3 Å². The van der Waals surface area contributed by atoms with Gasteiger partial charge in [0.25, 0.3) is 0 Å². The fourth-order valence-electron chi connectivity index (χ4n) is 8.04. The van der Waals surface area contributed by atoms with Crippen molar-refractivity contribution in [3.8, 4) is 17.3 Å². The Labute approximate surface area is 352 Å². The second kappa shape index (κ2) is 14.7. The van der Waals surface area contributed by atoms with Crippen molar-refractivity contribution >= 4 is 27.7 Å². The van der Waals surface area contributed by atoms with Crippen LogP contribution < -0.4 is 4.74 Å². The SMILES string of the molecule is Cc1cc(Oc2[c-]c3c(cc2)c2cc(C(C)(C)C)ccc2n3-c2cc(C(C)(C)C)ccn2)[c-]c(C2=N[C@](C)(C(c3ccccc3)c3ccccc3)C(C)(C)O2)c1.[Pt+2]. The number of aromatic nitrogens is 2. The summed E-state index contributed by atoms with van der Waals surface area (Å²) >= 11 is 0. The molecule has 292 valence electrons. The number of benzene rings is 5. The Hall–Kier alpha value is -4.99. The van der Waals surface area contributed by atoms with Crippen LogP contribution in [0.25, 0.3) is 27.6 Å². The average molecular weight is 933 g/mol. The maximum Gasteiger partial charge on any atom is 2.00 e. The van der Waals surface area contributed by atoms with Crippen LogP contribution in [-0.4, -0.2) is 26.6 Å².